The average molecular weight is 503 g/mol. The summed E-state index contributed by atoms with van der Waals surface area (Å²) in [6.45, 7) is 6.34. The molecule has 3 heterocycles. The van der Waals surface area contributed by atoms with Crippen LogP contribution in [0.3, 0.4) is 0 Å². The summed E-state index contributed by atoms with van der Waals surface area (Å²) < 4.78 is 7.79. The van der Waals surface area contributed by atoms with E-state index < -0.39 is 0 Å². The Kier molecular flexibility index (Phi) is 6.26. The number of methoxy groups -OCH3 is 1. The van der Waals surface area contributed by atoms with Gasteiger partial charge in [-0.25, -0.2) is 0 Å². The molecule has 2 atom stereocenters. The minimum absolute atomic E-state index is 0.107. The number of pyridine rings is 1. The van der Waals surface area contributed by atoms with Crippen molar-refractivity contribution in [1.82, 2.24) is 14.9 Å². The van der Waals surface area contributed by atoms with Crippen molar-refractivity contribution >= 4 is 34.6 Å². The minimum Gasteiger partial charge on any atom is -0.497 e. The van der Waals surface area contributed by atoms with Gasteiger partial charge in [0.25, 0.3) is 0 Å². The molecule has 1 aliphatic heterocycles. The van der Waals surface area contributed by atoms with Crippen LogP contribution in [0.15, 0.2) is 72.9 Å². The van der Waals surface area contributed by atoms with Gasteiger partial charge in [0.1, 0.15) is 5.75 Å². The van der Waals surface area contributed by atoms with Crippen molar-refractivity contribution in [2.75, 3.05) is 12.0 Å². The minimum atomic E-state index is -0.121. The first-order chi connectivity index (χ1) is 16.9. The normalized spacial score (nSPS) is 17.5. The highest BCUT2D eigenvalue weighted by molar-refractivity contribution is 7.80. The molecule has 178 valence electrons. The molecule has 0 bridgehead atoms. The fourth-order valence-electron chi connectivity index (χ4n) is 5.01. The summed E-state index contributed by atoms with van der Waals surface area (Å²) in [7, 11) is 1.68. The van der Waals surface area contributed by atoms with Gasteiger partial charge in [0.15, 0.2) is 5.11 Å². The molecule has 7 heteroatoms. The van der Waals surface area contributed by atoms with E-state index in [1.54, 1.807) is 7.11 Å². The molecule has 1 N–H and O–H groups in total. The van der Waals surface area contributed by atoms with Crippen LogP contribution in [0.2, 0.25) is 5.02 Å². The molecule has 1 aliphatic rings. The van der Waals surface area contributed by atoms with Crippen LogP contribution in [-0.4, -0.2) is 21.8 Å². The molecule has 0 spiro atoms. The van der Waals surface area contributed by atoms with E-state index in [2.05, 4.69) is 58.7 Å². The largest absolute Gasteiger partial charge is 0.497 e. The molecule has 0 radical (unpaired) electrons. The lowest BCUT2D eigenvalue weighted by molar-refractivity contribution is 0.415. The van der Waals surface area contributed by atoms with Gasteiger partial charge in [-0.2, -0.15) is 0 Å². The predicted octanol–water partition coefficient (Wildman–Crippen LogP) is 6.64. The summed E-state index contributed by atoms with van der Waals surface area (Å²) in [4.78, 5) is 6.85. The van der Waals surface area contributed by atoms with Gasteiger partial charge in [-0.1, -0.05) is 29.8 Å². The standard InChI is InChI=1S/C28H27ClN4OS/c1-17-15-22(19(3)32(17)25-13-8-11-23(29)18(25)2)27-26(24-12-5-6-14-30-24)31-28(35)33(27)20-9-7-10-21(16-20)34-4/h5-16,26-27H,1-4H3,(H,31,35)/t26-,27+/m0/s1. The lowest BCUT2D eigenvalue weighted by Crippen LogP contribution is -2.29. The molecule has 4 aromatic rings. The van der Waals surface area contributed by atoms with Crippen molar-refractivity contribution < 1.29 is 4.74 Å². The fourth-order valence-corrected chi connectivity index (χ4v) is 5.52. The quantitative estimate of drug-likeness (QED) is 0.310. The van der Waals surface area contributed by atoms with Gasteiger partial charge in [-0.05, 0) is 86.6 Å². The number of hydrogen-bond donors (Lipinski definition) is 1. The molecular formula is C28H27ClN4OS. The SMILES string of the molecule is COc1cccc(N2C(=S)N[C@@H](c3ccccn3)[C@H]2c2cc(C)n(-c3cccc(Cl)c3C)c2C)c1. The van der Waals surface area contributed by atoms with Crippen molar-refractivity contribution in [2.24, 2.45) is 0 Å². The molecular weight excluding hydrogens is 476 g/mol. The third kappa shape index (κ3) is 4.07. The molecule has 2 aromatic heterocycles. The fraction of sp³-hybridized carbons (Fsp3) is 0.214. The van der Waals surface area contributed by atoms with E-state index >= 15 is 0 Å². The topological polar surface area (TPSA) is 42.3 Å². The third-order valence-electron chi connectivity index (χ3n) is 6.70. The second-order valence-corrected chi connectivity index (χ2v) is 9.54. The molecule has 0 amide bonds. The lowest BCUT2D eigenvalue weighted by atomic mass is 9.96. The van der Waals surface area contributed by atoms with Crippen LogP contribution in [0.1, 0.15) is 40.3 Å². The maximum absolute atomic E-state index is 6.49. The van der Waals surface area contributed by atoms with E-state index in [9.17, 15) is 0 Å². The highest BCUT2D eigenvalue weighted by Gasteiger charge is 2.42. The number of nitrogens with zero attached hydrogens (tertiary/aromatic N) is 3. The van der Waals surface area contributed by atoms with Crippen molar-refractivity contribution in [2.45, 2.75) is 32.9 Å². The van der Waals surface area contributed by atoms with Crippen molar-refractivity contribution in [3.05, 3.63) is 106 Å². The molecule has 35 heavy (non-hydrogen) atoms. The Morgan fingerprint density at radius 2 is 1.80 bits per heavy atom. The predicted molar refractivity (Wildman–Crippen MR) is 146 cm³/mol. The van der Waals surface area contributed by atoms with Gasteiger partial charge in [-0.3, -0.25) is 4.98 Å². The number of anilines is 1. The lowest BCUT2D eigenvalue weighted by Gasteiger charge is -2.28. The molecule has 5 nitrogen and oxygen atoms in total. The first kappa shape index (κ1) is 23.4. The summed E-state index contributed by atoms with van der Waals surface area (Å²) in [6.07, 6.45) is 1.82. The van der Waals surface area contributed by atoms with E-state index in [0.29, 0.717) is 5.11 Å². The van der Waals surface area contributed by atoms with E-state index in [1.807, 2.05) is 54.7 Å². The maximum atomic E-state index is 6.49. The van der Waals surface area contributed by atoms with Crippen molar-refractivity contribution in [3.8, 4) is 11.4 Å². The van der Waals surface area contributed by atoms with E-state index in [1.165, 1.54) is 5.56 Å². The van der Waals surface area contributed by atoms with Gasteiger partial charge in [0, 0.05) is 40.0 Å². The van der Waals surface area contributed by atoms with E-state index in [4.69, 9.17) is 28.6 Å². The molecule has 5 rings (SSSR count). The van der Waals surface area contributed by atoms with Gasteiger partial charge >= 0.3 is 0 Å². The number of nitrogens with one attached hydrogen (secondary N) is 1. The number of benzene rings is 2. The van der Waals surface area contributed by atoms with Gasteiger partial charge in [0.2, 0.25) is 0 Å². The van der Waals surface area contributed by atoms with Crippen LogP contribution in [-0.2, 0) is 0 Å². The van der Waals surface area contributed by atoms with E-state index in [-0.39, 0.29) is 12.1 Å². The Hall–Kier alpha value is -3.35. The number of aromatic nitrogens is 2. The molecule has 0 unspecified atom stereocenters. The molecule has 1 saturated heterocycles. The Morgan fingerprint density at radius 1 is 1.00 bits per heavy atom. The van der Waals surface area contributed by atoms with Gasteiger partial charge < -0.3 is 19.5 Å². The monoisotopic (exact) mass is 502 g/mol. The molecule has 1 fully saturated rings. The molecule has 2 aromatic carbocycles. The number of hydrogen-bond acceptors (Lipinski definition) is 3. The Morgan fingerprint density at radius 3 is 2.54 bits per heavy atom. The summed E-state index contributed by atoms with van der Waals surface area (Å²) in [5.74, 6) is 0.783. The zero-order valence-electron chi connectivity index (χ0n) is 20.1. The summed E-state index contributed by atoms with van der Waals surface area (Å²) in [6, 6.07) is 22.0. The Labute approximate surface area is 216 Å². The van der Waals surface area contributed by atoms with Gasteiger partial charge in [-0.15, -0.1) is 0 Å². The first-order valence-corrected chi connectivity index (χ1v) is 12.3. The van der Waals surface area contributed by atoms with Crippen molar-refractivity contribution in [1.29, 1.82) is 0 Å². The average Bonchev–Trinajstić information content (AvgIpc) is 3.36. The Bertz CT molecular complexity index is 1400. The number of rotatable bonds is 5. The highest BCUT2D eigenvalue weighted by Crippen LogP contribution is 2.44. The second kappa shape index (κ2) is 9.36. The zero-order chi connectivity index (χ0) is 24.7. The number of aryl methyl sites for hydroxylation is 1. The van der Waals surface area contributed by atoms with Crippen LogP contribution < -0.4 is 15.0 Å². The maximum Gasteiger partial charge on any atom is 0.174 e. The van der Waals surface area contributed by atoms with Crippen LogP contribution in [0, 0.1) is 20.8 Å². The highest BCUT2D eigenvalue weighted by atomic mass is 35.5. The summed E-state index contributed by atoms with van der Waals surface area (Å²) in [5, 5.41) is 4.95. The van der Waals surface area contributed by atoms with Crippen LogP contribution in [0.5, 0.6) is 5.75 Å². The molecule has 0 saturated carbocycles. The summed E-state index contributed by atoms with van der Waals surface area (Å²) in [5.41, 5.74) is 7.48. The van der Waals surface area contributed by atoms with Crippen LogP contribution in [0.25, 0.3) is 5.69 Å². The first-order valence-electron chi connectivity index (χ1n) is 11.5. The zero-order valence-corrected chi connectivity index (χ0v) is 21.7. The van der Waals surface area contributed by atoms with Crippen LogP contribution in [0.4, 0.5) is 5.69 Å². The van der Waals surface area contributed by atoms with Crippen LogP contribution >= 0.6 is 23.8 Å². The van der Waals surface area contributed by atoms with E-state index in [0.717, 1.165) is 44.8 Å². The van der Waals surface area contributed by atoms with Crippen molar-refractivity contribution in [3.63, 3.8) is 0 Å². The number of ether oxygens (including phenoxy) is 1. The smallest absolute Gasteiger partial charge is 0.174 e. The number of thiocarbonyl (C=S) groups is 1. The molecule has 0 aliphatic carbocycles. The number of halogens is 1. The second-order valence-electron chi connectivity index (χ2n) is 8.74. The summed E-state index contributed by atoms with van der Waals surface area (Å²) >= 11 is 12.4. The van der Waals surface area contributed by atoms with Gasteiger partial charge in [0.05, 0.1) is 24.9 Å². The third-order valence-corrected chi connectivity index (χ3v) is 7.42. The Balaban J connectivity index is 1.70.